The molecule has 0 amide bonds. The summed E-state index contributed by atoms with van der Waals surface area (Å²) in [7, 11) is 0. The fourth-order valence-electron chi connectivity index (χ4n) is 13.0. The molecule has 4 aliphatic rings. The predicted molar refractivity (Wildman–Crippen MR) is 286 cm³/mol. The molecule has 0 aliphatic heterocycles. The number of nitrogens with zero attached hydrogens (tertiary/aromatic N) is 2. The van der Waals surface area contributed by atoms with Gasteiger partial charge in [0, 0.05) is 55.8 Å². The van der Waals surface area contributed by atoms with E-state index in [0.717, 1.165) is 34.1 Å². The normalized spacial score (nSPS) is 16.1. The van der Waals surface area contributed by atoms with Gasteiger partial charge in [0.2, 0.25) is 0 Å². The minimum absolute atomic E-state index is 0.128. The first kappa shape index (κ1) is 40.8. The van der Waals surface area contributed by atoms with Gasteiger partial charge in [-0.25, -0.2) is 0 Å². The van der Waals surface area contributed by atoms with Crippen LogP contribution < -0.4 is 9.80 Å². The summed E-state index contributed by atoms with van der Waals surface area (Å²) in [4.78, 5) is 4.97. The second-order valence-electron chi connectivity index (χ2n) is 21.8. The third kappa shape index (κ3) is 5.58. The first-order valence-electron chi connectivity index (χ1n) is 24.4. The number of hydrogen-bond acceptors (Lipinski definition) is 2. The topological polar surface area (TPSA) is 6.48 Å². The monoisotopic (exact) mass is 876 g/mol. The maximum atomic E-state index is 2.48. The number of anilines is 6. The zero-order chi connectivity index (χ0) is 46.5. The van der Waals surface area contributed by atoms with Gasteiger partial charge in [-0.2, -0.15) is 0 Å². The molecule has 330 valence electrons. The maximum absolute atomic E-state index is 2.48. The van der Waals surface area contributed by atoms with E-state index in [1.165, 1.54) is 89.0 Å². The lowest BCUT2D eigenvalue weighted by molar-refractivity contribution is 0.659. The maximum Gasteiger partial charge on any atom is 0.0465 e. The molecular formula is C66H56N2. The lowest BCUT2D eigenvalue weighted by atomic mass is 9.82. The van der Waals surface area contributed by atoms with E-state index in [1.54, 1.807) is 0 Å². The van der Waals surface area contributed by atoms with Crippen LogP contribution in [0.5, 0.6) is 0 Å². The first-order valence-corrected chi connectivity index (χ1v) is 24.4. The van der Waals surface area contributed by atoms with Crippen molar-refractivity contribution in [3.8, 4) is 44.5 Å². The molecule has 0 bridgehead atoms. The average molecular weight is 877 g/mol. The Bertz CT molecular complexity index is 3130. The van der Waals surface area contributed by atoms with Gasteiger partial charge in [0.1, 0.15) is 0 Å². The molecule has 2 heteroatoms. The first-order chi connectivity index (χ1) is 32.7. The number of hydrogen-bond donors (Lipinski definition) is 0. The minimum atomic E-state index is -0.128. The Morgan fingerprint density at radius 3 is 0.632 bits per heavy atom. The molecule has 0 radical (unpaired) electrons. The van der Waals surface area contributed by atoms with Crippen LogP contribution in [0.25, 0.3) is 44.5 Å². The summed E-state index contributed by atoms with van der Waals surface area (Å²) in [5.41, 5.74) is 28.0. The zero-order valence-corrected chi connectivity index (χ0v) is 40.4. The molecule has 0 aromatic heterocycles. The van der Waals surface area contributed by atoms with Crippen molar-refractivity contribution in [3.63, 3.8) is 0 Å². The van der Waals surface area contributed by atoms with Crippen molar-refractivity contribution in [1.82, 2.24) is 0 Å². The van der Waals surface area contributed by atoms with Crippen molar-refractivity contribution in [2.24, 2.45) is 0 Å². The van der Waals surface area contributed by atoms with Crippen LogP contribution >= 0.6 is 0 Å². The average Bonchev–Trinajstić information content (AvgIpc) is 3.92. The summed E-state index contributed by atoms with van der Waals surface area (Å²) < 4.78 is 0. The second-order valence-corrected chi connectivity index (χ2v) is 21.8. The Morgan fingerprint density at radius 2 is 0.397 bits per heavy atom. The zero-order valence-electron chi connectivity index (χ0n) is 40.4. The van der Waals surface area contributed by atoms with Gasteiger partial charge >= 0.3 is 0 Å². The van der Waals surface area contributed by atoms with E-state index in [9.17, 15) is 0 Å². The highest BCUT2D eigenvalue weighted by molar-refractivity contribution is 5.91. The third-order valence-electron chi connectivity index (χ3n) is 16.7. The molecule has 0 atom stereocenters. The molecule has 0 saturated carbocycles. The van der Waals surface area contributed by atoms with Crippen LogP contribution in [0.15, 0.2) is 194 Å². The standard InChI is InChI=1S/C66H56N2/c1-63(2)55-21-13-9-17-47(55)51-33-29-43(37-59(51)63)67(44-30-34-52-48-18-10-14-22-56(48)64(3,4)60(52)38-44)41-25-27-42(28-26-41)68(45-31-35-53-49-19-11-15-23-57(49)65(5,6)61(53)39-45)46-32-36-54-50-20-12-16-24-58(50)66(7,8)62(54)40-46/h9-40H,1-8H3. The molecule has 0 N–H and O–H groups in total. The van der Waals surface area contributed by atoms with Crippen molar-refractivity contribution in [2.45, 2.75) is 77.0 Å². The highest BCUT2D eigenvalue weighted by Crippen LogP contribution is 2.56. The molecule has 2 nitrogen and oxygen atoms in total. The van der Waals surface area contributed by atoms with Crippen LogP contribution in [0.4, 0.5) is 34.1 Å². The summed E-state index contributed by atoms with van der Waals surface area (Å²) in [5, 5.41) is 0. The summed E-state index contributed by atoms with van der Waals surface area (Å²) in [6.07, 6.45) is 0. The van der Waals surface area contributed by atoms with E-state index in [0.29, 0.717) is 0 Å². The van der Waals surface area contributed by atoms with Crippen LogP contribution in [0.3, 0.4) is 0 Å². The molecular weight excluding hydrogens is 821 g/mol. The molecule has 0 fully saturated rings. The van der Waals surface area contributed by atoms with Crippen LogP contribution in [0.1, 0.15) is 99.9 Å². The summed E-state index contributed by atoms with van der Waals surface area (Å²) >= 11 is 0. The van der Waals surface area contributed by atoms with Gasteiger partial charge in [0.25, 0.3) is 0 Å². The van der Waals surface area contributed by atoms with Crippen LogP contribution in [-0.4, -0.2) is 0 Å². The Morgan fingerprint density at radius 1 is 0.206 bits per heavy atom. The molecule has 4 aliphatic carbocycles. The fraction of sp³-hybridized carbons (Fsp3) is 0.182. The van der Waals surface area contributed by atoms with Crippen molar-refractivity contribution in [1.29, 1.82) is 0 Å². The van der Waals surface area contributed by atoms with Crippen LogP contribution in [0, 0.1) is 0 Å². The van der Waals surface area contributed by atoms with Gasteiger partial charge in [0.15, 0.2) is 0 Å². The van der Waals surface area contributed by atoms with Crippen LogP contribution in [-0.2, 0) is 21.7 Å². The molecule has 9 aromatic rings. The predicted octanol–water partition coefficient (Wildman–Crippen LogP) is 17.9. The van der Waals surface area contributed by atoms with E-state index in [4.69, 9.17) is 0 Å². The van der Waals surface area contributed by atoms with E-state index in [1.807, 2.05) is 0 Å². The van der Waals surface area contributed by atoms with Crippen molar-refractivity contribution in [2.75, 3.05) is 9.80 Å². The van der Waals surface area contributed by atoms with E-state index >= 15 is 0 Å². The highest BCUT2D eigenvalue weighted by Gasteiger charge is 2.40. The molecule has 0 heterocycles. The lowest BCUT2D eigenvalue weighted by Crippen LogP contribution is -2.18. The molecule has 13 rings (SSSR count). The molecule has 0 unspecified atom stereocenters. The third-order valence-corrected chi connectivity index (χ3v) is 16.7. The van der Waals surface area contributed by atoms with Gasteiger partial charge in [-0.3, -0.25) is 0 Å². The van der Waals surface area contributed by atoms with Gasteiger partial charge in [0.05, 0.1) is 0 Å². The number of benzene rings is 9. The second kappa shape index (κ2) is 14.1. The Hall–Kier alpha value is -7.42. The molecule has 9 aromatic carbocycles. The van der Waals surface area contributed by atoms with Crippen molar-refractivity contribution < 1.29 is 0 Å². The fourth-order valence-corrected chi connectivity index (χ4v) is 13.0. The minimum Gasteiger partial charge on any atom is -0.310 e. The van der Waals surface area contributed by atoms with E-state index < -0.39 is 0 Å². The quantitative estimate of drug-likeness (QED) is 0.164. The molecule has 0 saturated heterocycles. The largest absolute Gasteiger partial charge is 0.310 e. The van der Waals surface area contributed by atoms with Crippen molar-refractivity contribution in [3.05, 3.63) is 239 Å². The van der Waals surface area contributed by atoms with Crippen LogP contribution in [0.2, 0.25) is 0 Å². The lowest BCUT2D eigenvalue weighted by Gasteiger charge is -2.31. The molecule has 68 heavy (non-hydrogen) atoms. The SMILES string of the molecule is CC1(C)c2ccccc2-c2ccc(N(c3ccc(N(c4ccc5c(c4)C(C)(C)c4ccccc4-5)c4ccc5c(c4)C(C)(C)c4ccccc4-5)cc3)c3ccc4c(c3)C(C)(C)c3ccccc3-4)cc21. The van der Waals surface area contributed by atoms with E-state index in [2.05, 4.69) is 259 Å². The smallest absolute Gasteiger partial charge is 0.0465 e. The Kier molecular flexibility index (Phi) is 8.44. The van der Waals surface area contributed by atoms with Gasteiger partial charge < -0.3 is 9.80 Å². The summed E-state index contributed by atoms with van der Waals surface area (Å²) in [5.74, 6) is 0. The number of fused-ring (bicyclic) bond motifs is 12. The Labute approximate surface area is 402 Å². The van der Waals surface area contributed by atoms with Gasteiger partial charge in [-0.1, -0.05) is 177 Å². The van der Waals surface area contributed by atoms with Gasteiger partial charge in [-0.15, -0.1) is 0 Å². The summed E-state index contributed by atoms with van der Waals surface area (Å²) in [6, 6.07) is 73.7. The van der Waals surface area contributed by atoms with E-state index in [-0.39, 0.29) is 21.7 Å². The highest BCUT2D eigenvalue weighted by atomic mass is 15.2. The van der Waals surface area contributed by atoms with Crippen molar-refractivity contribution >= 4 is 34.1 Å². The van der Waals surface area contributed by atoms with Gasteiger partial charge in [-0.05, 0) is 162 Å². The number of rotatable bonds is 6. The summed E-state index contributed by atoms with van der Waals surface area (Å²) in [6.45, 7) is 19.0. The Balaban J connectivity index is 0.974. The molecule has 0 spiro atoms.